The predicted octanol–water partition coefficient (Wildman–Crippen LogP) is 2.27. The first-order chi connectivity index (χ1) is 8.54. The highest BCUT2D eigenvalue weighted by atomic mass is 19.1. The van der Waals surface area contributed by atoms with E-state index in [0.29, 0.717) is 22.6 Å². The number of carbonyl (C=O) groups is 1. The van der Waals surface area contributed by atoms with Crippen LogP contribution in [0.15, 0.2) is 12.1 Å². The van der Waals surface area contributed by atoms with Gasteiger partial charge in [0.15, 0.2) is 5.78 Å². The zero-order chi connectivity index (χ0) is 13.7. The molecule has 4 nitrogen and oxygen atoms in total. The molecule has 0 fully saturated rings. The van der Waals surface area contributed by atoms with E-state index in [-0.39, 0.29) is 18.7 Å². The van der Waals surface area contributed by atoms with Crippen molar-refractivity contribution in [1.82, 2.24) is 0 Å². The lowest BCUT2D eigenvalue weighted by Gasteiger charge is -2.14. The van der Waals surface area contributed by atoms with Crippen LogP contribution in [0.2, 0.25) is 0 Å². The van der Waals surface area contributed by atoms with Gasteiger partial charge in [0.25, 0.3) is 0 Å². The number of ketones is 1. The lowest BCUT2D eigenvalue weighted by molar-refractivity contribution is 0.0982. The van der Waals surface area contributed by atoms with Gasteiger partial charge in [-0.2, -0.15) is 0 Å². The van der Waals surface area contributed by atoms with Crippen LogP contribution in [0.3, 0.4) is 0 Å². The number of rotatable bonds is 6. The van der Waals surface area contributed by atoms with Gasteiger partial charge >= 0.3 is 0 Å². The number of alkyl halides is 1. The first-order valence-corrected chi connectivity index (χ1v) is 5.68. The van der Waals surface area contributed by atoms with E-state index in [2.05, 4.69) is 0 Å². The SMILES string of the molecule is COc1cc(C(C)F)c(OC)cc1C(=O)CCN. The highest BCUT2D eigenvalue weighted by Gasteiger charge is 2.19. The number of benzene rings is 1. The van der Waals surface area contributed by atoms with Gasteiger partial charge in [-0.25, -0.2) is 4.39 Å². The summed E-state index contributed by atoms with van der Waals surface area (Å²) >= 11 is 0. The minimum atomic E-state index is -1.20. The molecular formula is C13H18FNO3. The quantitative estimate of drug-likeness (QED) is 0.792. The van der Waals surface area contributed by atoms with Crippen LogP contribution in [0.25, 0.3) is 0 Å². The molecule has 0 amide bonds. The van der Waals surface area contributed by atoms with Gasteiger partial charge in [-0.05, 0) is 25.6 Å². The van der Waals surface area contributed by atoms with E-state index >= 15 is 0 Å². The fourth-order valence-electron chi connectivity index (χ4n) is 1.72. The largest absolute Gasteiger partial charge is 0.496 e. The number of nitrogens with two attached hydrogens (primary N) is 1. The molecule has 5 heteroatoms. The summed E-state index contributed by atoms with van der Waals surface area (Å²) < 4.78 is 23.7. The maximum Gasteiger partial charge on any atom is 0.167 e. The highest BCUT2D eigenvalue weighted by Crippen LogP contribution is 2.34. The number of carbonyl (C=O) groups excluding carboxylic acids is 1. The van der Waals surface area contributed by atoms with Gasteiger partial charge in [0.1, 0.15) is 17.7 Å². The van der Waals surface area contributed by atoms with E-state index in [9.17, 15) is 9.18 Å². The third kappa shape index (κ3) is 2.98. The zero-order valence-electron chi connectivity index (χ0n) is 10.8. The summed E-state index contributed by atoms with van der Waals surface area (Å²) in [4.78, 5) is 11.9. The summed E-state index contributed by atoms with van der Waals surface area (Å²) in [6.07, 6.45) is -0.989. The number of hydrogen-bond donors (Lipinski definition) is 1. The van der Waals surface area contributed by atoms with Gasteiger partial charge in [-0.15, -0.1) is 0 Å². The van der Waals surface area contributed by atoms with Gasteiger partial charge in [-0.3, -0.25) is 4.79 Å². The lowest BCUT2D eigenvalue weighted by Crippen LogP contribution is -2.10. The number of methoxy groups -OCH3 is 2. The predicted molar refractivity (Wildman–Crippen MR) is 67.1 cm³/mol. The van der Waals surface area contributed by atoms with Crippen molar-refractivity contribution in [2.45, 2.75) is 19.5 Å². The van der Waals surface area contributed by atoms with Crippen LogP contribution in [-0.2, 0) is 0 Å². The molecular weight excluding hydrogens is 237 g/mol. The van der Waals surface area contributed by atoms with Crippen molar-refractivity contribution < 1.29 is 18.7 Å². The molecule has 1 rings (SSSR count). The van der Waals surface area contributed by atoms with Crippen LogP contribution in [0.4, 0.5) is 4.39 Å². The van der Waals surface area contributed by atoms with Gasteiger partial charge in [0.05, 0.1) is 19.8 Å². The van der Waals surface area contributed by atoms with E-state index in [1.54, 1.807) is 0 Å². The molecule has 0 saturated carbocycles. The number of halogens is 1. The summed E-state index contributed by atoms with van der Waals surface area (Å²) in [5, 5.41) is 0. The van der Waals surface area contributed by atoms with Crippen molar-refractivity contribution in [2.75, 3.05) is 20.8 Å². The first kappa shape index (κ1) is 14.4. The molecule has 0 spiro atoms. The normalized spacial score (nSPS) is 12.1. The van der Waals surface area contributed by atoms with Crippen molar-refractivity contribution in [3.63, 3.8) is 0 Å². The van der Waals surface area contributed by atoms with Crippen molar-refractivity contribution in [1.29, 1.82) is 0 Å². The maximum absolute atomic E-state index is 13.4. The van der Waals surface area contributed by atoms with E-state index in [1.165, 1.54) is 33.3 Å². The molecule has 18 heavy (non-hydrogen) atoms. The van der Waals surface area contributed by atoms with Crippen molar-refractivity contribution in [2.24, 2.45) is 5.73 Å². The second kappa shape index (κ2) is 6.35. The Morgan fingerprint density at radius 3 is 2.39 bits per heavy atom. The van der Waals surface area contributed by atoms with E-state index in [0.717, 1.165) is 0 Å². The fraction of sp³-hybridized carbons (Fsp3) is 0.462. The fourth-order valence-corrected chi connectivity index (χ4v) is 1.72. The molecule has 1 aromatic carbocycles. The molecule has 0 bridgehead atoms. The average molecular weight is 255 g/mol. The third-order valence-corrected chi connectivity index (χ3v) is 2.65. The van der Waals surface area contributed by atoms with Crippen LogP contribution in [-0.4, -0.2) is 26.5 Å². The van der Waals surface area contributed by atoms with E-state index < -0.39 is 6.17 Å². The summed E-state index contributed by atoms with van der Waals surface area (Å²) in [5.74, 6) is 0.533. The Hall–Kier alpha value is -1.62. The molecule has 1 unspecified atom stereocenters. The molecule has 2 N–H and O–H groups in total. The Kier molecular flexibility index (Phi) is 5.09. The molecule has 0 heterocycles. The second-order valence-corrected chi connectivity index (χ2v) is 3.87. The lowest BCUT2D eigenvalue weighted by atomic mass is 10.0. The summed E-state index contributed by atoms with van der Waals surface area (Å²) in [6.45, 7) is 1.66. The van der Waals surface area contributed by atoms with Gasteiger partial charge in [-0.1, -0.05) is 0 Å². The molecule has 100 valence electrons. The topological polar surface area (TPSA) is 61.5 Å². The van der Waals surface area contributed by atoms with Crippen LogP contribution in [0, 0.1) is 0 Å². The van der Waals surface area contributed by atoms with Crippen LogP contribution in [0.1, 0.15) is 35.4 Å². The third-order valence-electron chi connectivity index (χ3n) is 2.65. The molecule has 0 aliphatic carbocycles. The Balaban J connectivity index is 3.30. The summed E-state index contributed by atoms with van der Waals surface area (Å²) in [6, 6.07) is 3.00. The Bertz CT molecular complexity index is 432. The molecule has 1 aromatic rings. The van der Waals surface area contributed by atoms with E-state index in [1.807, 2.05) is 0 Å². The number of Topliss-reactive ketones (excluding diaryl/α,β-unsaturated/α-hetero) is 1. The van der Waals surface area contributed by atoms with Crippen molar-refractivity contribution in [3.05, 3.63) is 23.3 Å². The molecule has 0 aromatic heterocycles. The average Bonchev–Trinajstić information content (AvgIpc) is 2.37. The molecule has 0 aliphatic heterocycles. The first-order valence-electron chi connectivity index (χ1n) is 5.68. The van der Waals surface area contributed by atoms with Gasteiger partial charge < -0.3 is 15.2 Å². The maximum atomic E-state index is 13.4. The van der Waals surface area contributed by atoms with Gasteiger partial charge in [0.2, 0.25) is 0 Å². The zero-order valence-corrected chi connectivity index (χ0v) is 10.8. The Labute approximate surface area is 106 Å². The number of ether oxygens (including phenoxy) is 2. The molecule has 1 atom stereocenters. The number of hydrogen-bond acceptors (Lipinski definition) is 4. The summed E-state index contributed by atoms with van der Waals surface area (Å²) in [5.41, 5.74) is 6.08. The monoisotopic (exact) mass is 255 g/mol. The smallest absolute Gasteiger partial charge is 0.167 e. The Morgan fingerprint density at radius 2 is 1.94 bits per heavy atom. The minimum Gasteiger partial charge on any atom is -0.496 e. The second-order valence-electron chi connectivity index (χ2n) is 3.87. The van der Waals surface area contributed by atoms with Gasteiger partial charge in [0, 0.05) is 12.0 Å². The van der Waals surface area contributed by atoms with E-state index in [4.69, 9.17) is 15.2 Å². The molecule has 0 radical (unpaired) electrons. The molecule has 0 saturated heterocycles. The highest BCUT2D eigenvalue weighted by molar-refractivity contribution is 5.99. The van der Waals surface area contributed by atoms with Crippen molar-refractivity contribution >= 4 is 5.78 Å². The Morgan fingerprint density at radius 1 is 1.33 bits per heavy atom. The van der Waals surface area contributed by atoms with Crippen LogP contribution in [0.5, 0.6) is 11.5 Å². The van der Waals surface area contributed by atoms with Crippen LogP contribution < -0.4 is 15.2 Å². The molecule has 0 aliphatic rings. The minimum absolute atomic E-state index is 0.147. The van der Waals surface area contributed by atoms with Crippen LogP contribution >= 0.6 is 0 Å². The standard InChI is InChI=1S/C13H18FNO3/c1-8(14)9-6-13(18-3)10(7-12(9)17-2)11(16)4-5-15/h6-8H,4-5,15H2,1-3H3. The summed E-state index contributed by atoms with van der Waals surface area (Å²) in [7, 11) is 2.87. The van der Waals surface area contributed by atoms with Crippen molar-refractivity contribution in [3.8, 4) is 11.5 Å².